The molecule has 10 heteroatoms. The van der Waals surface area contributed by atoms with E-state index in [1.807, 2.05) is 0 Å². The number of carbonyl (C=O) groups excluding carboxylic acids is 1. The number of ether oxygens (including phenoxy) is 1. The first kappa shape index (κ1) is 17.7. The van der Waals surface area contributed by atoms with Crippen LogP contribution < -0.4 is 10.5 Å². The van der Waals surface area contributed by atoms with Crippen LogP contribution in [-0.4, -0.2) is 33.6 Å². The molecule has 114 valence electrons. The molecule has 0 radical (unpaired) electrons. The third-order valence-electron chi connectivity index (χ3n) is 2.34. The van der Waals surface area contributed by atoms with Gasteiger partial charge in [0, 0.05) is 12.1 Å². The van der Waals surface area contributed by atoms with Crippen molar-refractivity contribution in [2.75, 3.05) is 13.2 Å². The van der Waals surface area contributed by atoms with Gasteiger partial charge in [0.1, 0.15) is 15.3 Å². The van der Waals surface area contributed by atoms with Crippen molar-refractivity contribution < 1.29 is 17.9 Å². The van der Waals surface area contributed by atoms with Gasteiger partial charge in [-0.2, -0.15) is 0 Å². The minimum Gasteiger partial charge on any atom is -0.465 e. The van der Waals surface area contributed by atoms with Crippen LogP contribution >= 0.6 is 34.5 Å². The van der Waals surface area contributed by atoms with E-state index in [0.29, 0.717) is 9.90 Å². The Morgan fingerprint density at radius 1 is 1.45 bits per heavy atom. The van der Waals surface area contributed by atoms with Crippen molar-refractivity contribution in [2.45, 2.75) is 24.8 Å². The predicted molar refractivity (Wildman–Crippen MR) is 78.9 cm³/mol. The summed E-state index contributed by atoms with van der Waals surface area (Å²) in [6.07, 6.45) is 0. The number of esters is 1. The second-order valence-electron chi connectivity index (χ2n) is 3.81. The van der Waals surface area contributed by atoms with Crippen molar-refractivity contribution >= 4 is 50.5 Å². The number of nitrogens with one attached hydrogen (secondary N) is 1. The lowest BCUT2D eigenvalue weighted by Crippen LogP contribution is -2.43. The van der Waals surface area contributed by atoms with E-state index in [2.05, 4.69) is 9.46 Å². The zero-order valence-electron chi connectivity index (χ0n) is 10.8. The molecule has 1 unspecified atom stereocenters. The first-order valence-corrected chi connectivity index (χ1v) is 8.62. The fraction of sp³-hybridized carbons (Fsp3) is 0.500. The van der Waals surface area contributed by atoms with Crippen molar-refractivity contribution in [3.63, 3.8) is 0 Å². The van der Waals surface area contributed by atoms with Crippen LogP contribution in [0.5, 0.6) is 0 Å². The second kappa shape index (κ2) is 7.06. The average Bonchev–Trinajstić information content (AvgIpc) is 2.61. The normalized spacial score (nSPS) is 13.2. The van der Waals surface area contributed by atoms with Gasteiger partial charge in [0.05, 0.1) is 10.9 Å². The third kappa shape index (κ3) is 4.06. The van der Waals surface area contributed by atoms with Gasteiger partial charge in [-0.1, -0.05) is 23.2 Å². The van der Waals surface area contributed by atoms with E-state index in [1.165, 1.54) is 0 Å². The van der Waals surface area contributed by atoms with Crippen molar-refractivity contribution in [1.82, 2.24) is 4.72 Å². The SMILES string of the molecule is CCOC(=O)C(N)CNS(=O)(=O)c1c(Cl)sc(Cl)c1C. The molecule has 0 bridgehead atoms. The van der Waals surface area contributed by atoms with Crippen LogP contribution in [0.3, 0.4) is 0 Å². The molecule has 0 aromatic carbocycles. The van der Waals surface area contributed by atoms with Gasteiger partial charge in [0.2, 0.25) is 10.0 Å². The predicted octanol–water partition coefficient (Wildman–Crippen LogP) is 1.53. The molecule has 1 aromatic rings. The molecule has 6 nitrogen and oxygen atoms in total. The quantitative estimate of drug-likeness (QED) is 0.749. The molecule has 0 amide bonds. The molecule has 20 heavy (non-hydrogen) atoms. The third-order valence-corrected chi connectivity index (χ3v) is 5.98. The molecule has 1 aromatic heterocycles. The number of hydrogen-bond acceptors (Lipinski definition) is 6. The molecule has 0 aliphatic heterocycles. The smallest absolute Gasteiger partial charge is 0.324 e. The lowest BCUT2D eigenvalue weighted by molar-refractivity contribution is -0.144. The average molecular weight is 361 g/mol. The number of hydrogen-bond donors (Lipinski definition) is 2. The monoisotopic (exact) mass is 360 g/mol. The van der Waals surface area contributed by atoms with E-state index in [1.54, 1.807) is 13.8 Å². The fourth-order valence-electron chi connectivity index (χ4n) is 1.35. The molecule has 0 aliphatic carbocycles. The summed E-state index contributed by atoms with van der Waals surface area (Å²) in [4.78, 5) is 11.2. The van der Waals surface area contributed by atoms with Gasteiger partial charge in [-0.25, -0.2) is 13.1 Å². The molecule has 3 N–H and O–H groups in total. The number of carbonyl (C=O) groups is 1. The van der Waals surface area contributed by atoms with Crippen molar-refractivity contribution in [3.8, 4) is 0 Å². The summed E-state index contributed by atoms with van der Waals surface area (Å²) < 4.78 is 31.5. The molecule has 0 fully saturated rings. The van der Waals surface area contributed by atoms with Crippen LogP contribution in [0, 0.1) is 6.92 Å². The van der Waals surface area contributed by atoms with Gasteiger partial charge >= 0.3 is 5.97 Å². The first-order valence-electron chi connectivity index (χ1n) is 5.57. The van der Waals surface area contributed by atoms with Gasteiger partial charge in [-0.3, -0.25) is 4.79 Å². The summed E-state index contributed by atoms with van der Waals surface area (Å²) in [7, 11) is -3.89. The van der Waals surface area contributed by atoms with Crippen LogP contribution in [0.25, 0.3) is 0 Å². The lowest BCUT2D eigenvalue weighted by atomic mass is 10.3. The Balaban J connectivity index is 2.84. The maximum absolute atomic E-state index is 12.1. The Kier molecular flexibility index (Phi) is 6.24. The van der Waals surface area contributed by atoms with Crippen LogP contribution in [-0.2, 0) is 19.6 Å². The van der Waals surface area contributed by atoms with Crippen molar-refractivity contribution in [3.05, 3.63) is 14.2 Å². The van der Waals surface area contributed by atoms with E-state index in [-0.39, 0.29) is 22.4 Å². The largest absolute Gasteiger partial charge is 0.465 e. The first-order chi connectivity index (χ1) is 9.20. The number of thiophene rings is 1. The number of halogens is 2. The van der Waals surface area contributed by atoms with Gasteiger partial charge in [-0.15, -0.1) is 11.3 Å². The van der Waals surface area contributed by atoms with Crippen LogP contribution in [0.1, 0.15) is 12.5 Å². The summed E-state index contributed by atoms with van der Waals surface area (Å²) in [5, 5.41) is 0. The van der Waals surface area contributed by atoms with E-state index in [4.69, 9.17) is 28.9 Å². The molecule has 0 aliphatic rings. The molecule has 1 atom stereocenters. The zero-order valence-corrected chi connectivity index (χ0v) is 13.9. The summed E-state index contributed by atoms with van der Waals surface area (Å²) in [5.74, 6) is -0.679. The standard InChI is InChI=1S/C10H14Cl2N2O4S2/c1-3-18-10(15)6(13)4-14-20(16,17)7-5(2)8(11)19-9(7)12/h6,14H,3-4,13H2,1-2H3. The van der Waals surface area contributed by atoms with E-state index >= 15 is 0 Å². The highest BCUT2D eigenvalue weighted by molar-refractivity contribution is 7.89. The molecule has 0 saturated heterocycles. The van der Waals surface area contributed by atoms with Gasteiger partial charge in [-0.05, 0) is 13.8 Å². The van der Waals surface area contributed by atoms with Gasteiger partial charge < -0.3 is 10.5 Å². The van der Waals surface area contributed by atoms with Crippen LogP contribution in [0.2, 0.25) is 8.67 Å². The molecular weight excluding hydrogens is 347 g/mol. The molecule has 0 saturated carbocycles. The summed E-state index contributed by atoms with van der Waals surface area (Å²) in [5.41, 5.74) is 5.87. The number of sulfonamides is 1. The number of rotatable bonds is 6. The lowest BCUT2D eigenvalue weighted by Gasteiger charge is -2.12. The topological polar surface area (TPSA) is 98.5 Å². The van der Waals surface area contributed by atoms with E-state index in [9.17, 15) is 13.2 Å². The van der Waals surface area contributed by atoms with Crippen LogP contribution in [0.15, 0.2) is 4.90 Å². The Labute approximate surface area is 131 Å². The fourth-order valence-corrected chi connectivity index (χ4v) is 4.96. The molecule has 1 rings (SSSR count). The van der Waals surface area contributed by atoms with Crippen molar-refractivity contribution in [1.29, 1.82) is 0 Å². The summed E-state index contributed by atoms with van der Waals surface area (Å²) in [6, 6.07) is -1.09. The van der Waals surface area contributed by atoms with E-state index < -0.39 is 22.0 Å². The summed E-state index contributed by atoms with van der Waals surface area (Å²) in [6.45, 7) is 3.06. The highest BCUT2D eigenvalue weighted by atomic mass is 35.5. The number of nitrogens with two attached hydrogens (primary N) is 1. The Hall–Kier alpha value is -0.380. The second-order valence-corrected chi connectivity index (χ2v) is 7.74. The van der Waals surface area contributed by atoms with Gasteiger partial charge in [0.15, 0.2) is 0 Å². The van der Waals surface area contributed by atoms with E-state index in [0.717, 1.165) is 11.3 Å². The Bertz CT molecular complexity index is 601. The summed E-state index contributed by atoms with van der Waals surface area (Å²) >= 11 is 12.7. The molecule has 1 heterocycles. The molecule has 0 spiro atoms. The minimum atomic E-state index is -3.89. The Morgan fingerprint density at radius 2 is 2.05 bits per heavy atom. The zero-order chi connectivity index (χ0) is 15.5. The maximum Gasteiger partial charge on any atom is 0.324 e. The molecular formula is C10H14Cl2N2O4S2. The highest BCUT2D eigenvalue weighted by Gasteiger charge is 2.26. The Morgan fingerprint density at radius 3 is 2.50 bits per heavy atom. The van der Waals surface area contributed by atoms with Crippen molar-refractivity contribution in [2.24, 2.45) is 5.73 Å². The van der Waals surface area contributed by atoms with Crippen LogP contribution in [0.4, 0.5) is 0 Å². The minimum absolute atomic E-state index is 0.0599. The van der Waals surface area contributed by atoms with Gasteiger partial charge in [0.25, 0.3) is 0 Å². The highest BCUT2D eigenvalue weighted by Crippen LogP contribution is 2.38. The maximum atomic E-state index is 12.1.